The Bertz CT molecular complexity index is 1130. The standard InChI is InChI=1S/C21H24N4O3S/c1-21(2,3)16-13-23-25(14-16)19-7-5-6-18(24-19)20(26)22-12-15-8-10-17(11-9-15)29(4,27)28/h5-11,13-14H,12H2,1-4H3,(H,22,26). The lowest BCUT2D eigenvalue weighted by Gasteiger charge is -2.14. The van der Waals surface area contributed by atoms with Gasteiger partial charge in [-0.15, -0.1) is 0 Å². The van der Waals surface area contributed by atoms with Crippen LogP contribution in [0, 0.1) is 0 Å². The first-order valence-electron chi connectivity index (χ1n) is 9.14. The third-order valence-electron chi connectivity index (χ3n) is 4.45. The minimum atomic E-state index is -3.24. The van der Waals surface area contributed by atoms with Crippen LogP contribution < -0.4 is 5.32 Å². The summed E-state index contributed by atoms with van der Waals surface area (Å²) < 4.78 is 24.7. The van der Waals surface area contributed by atoms with E-state index >= 15 is 0 Å². The summed E-state index contributed by atoms with van der Waals surface area (Å²) in [5.41, 5.74) is 2.12. The lowest BCUT2D eigenvalue weighted by molar-refractivity contribution is 0.0946. The first-order valence-corrected chi connectivity index (χ1v) is 11.0. The van der Waals surface area contributed by atoms with E-state index in [-0.39, 0.29) is 28.5 Å². The summed E-state index contributed by atoms with van der Waals surface area (Å²) in [6, 6.07) is 11.6. The summed E-state index contributed by atoms with van der Waals surface area (Å²) >= 11 is 0. The van der Waals surface area contributed by atoms with Crippen LogP contribution in [0.15, 0.2) is 59.8 Å². The van der Waals surface area contributed by atoms with Crippen molar-refractivity contribution >= 4 is 15.7 Å². The number of aromatic nitrogens is 3. The Balaban J connectivity index is 1.70. The SMILES string of the molecule is CC(C)(C)c1cnn(-c2cccc(C(=O)NCc3ccc(S(C)(=O)=O)cc3)n2)c1. The van der Waals surface area contributed by atoms with Gasteiger partial charge in [0, 0.05) is 19.0 Å². The summed E-state index contributed by atoms with van der Waals surface area (Å²) in [6.45, 7) is 6.58. The highest BCUT2D eigenvalue weighted by molar-refractivity contribution is 7.90. The molecule has 8 heteroatoms. The highest BCUT2D eigenvalue weighted by atomic mass is 32.2. The van der Waals surface area contributed by atoms with Gasteiger partial charge < -0.3 is 5.32 Å². The van der Waals surface area contributed by atoms with Gasteiger partial charge in [-0.3, -0.25) is 4.79 Å². The molecule has 0 aliphatic rings. The fourth-order valence-electron chi connectivity index (χ4n) is 2.64. The molecule has 3 rings (SSSR count). The van der Waals surface area contributed by atoms with Crippen LogP contribution in [0.5, 0.6) is 0 Å². The van der Waals surface area contributed by atoms with E-state index in [4.69, 9.17) is 0 Å². The second-order valence-electron chi connectivity index (χ2n) is 7.90. The van der Waals surface area contributed by atoms with Crippen molar-refractivity contribution in [3.05, 3.63) is 71.7 Å². The van der Waals surface area contributed by atoms with Crippen LogP contribution in [-0.4, -0.2) is 35.3 Å². The second kappa shape index (κ2) is 7.79. The predicted octanol–water partition coefficient (Wildman–Crippen LogP) is 2.90. The number of carbonyl (C=O) groups excluding carboxylic acids is 1. The van der Waals surface area contributed by atoms with Crippen LogP contribution in [0.1, 0.15) is 42.4 Å². The van der Waals surface area contributed by atoms with E-state index in [2.05, 4.69) is 36.2 Å². The summed E-state index contributed by atoms with van der Waals surface area (Å²) in [7, 11) is -3.24. The van der Waals surface area contributed by atoms with Gasteiger partial charge in [-0.25, -0.2) is 18.1 Å². The van der Waals surface area contributed by atoms with Crippen molar-refractivity contribution in [1.29, 1.82) is 0 Å². The highest BCUT2D eigenvalue weighted by Gasteiger charge is 2.17. The molecule has 2 aromatic heterocycles. The van der Waals surface area contributed by atoms with E-state index in [0.29, 0.717) is 5.82 Å². The largest absolute Gasteiger partial charge is 0.347 e. The van der Waals surface area contributed by atoms with Crippen LogP contribution in [0.4, 0.5) is 0 Å². The Kier molecular flexibility index (Phi) is 5.57. The van der Waals surface area contributed by atoms with Gasteiger partial charge in [-0.2, -0.15) is 5.10 Å². The minimum Gasteiger partial charge on any atom is -0.347 e. The molecule has 0 aliphatic carbocycles. The Morgan fingerprint density at radius 2 is 1.79 bits per heavy atom. The van der Waals surface area contributed by atoms with Crippen LogP contribution in [0.2, 0.25) is 0 Å². The van der Waals surface area contributed by atoms with E-state index in [0.717, 1.165) is 17.4 Å². The summed E-state index contributed by atoms with van der Waals surface area (Å²) in [6.07, 6.45) is 4.87. The van der Waals surface area contributed by atoms with Crippen LogP contribution in [-0.2, 0) is 21.8 Å². The Morgan fingerprint density at radius 1 is 1.10 bits per heavy atom. The average Bonchev–Trinajstić information content (AvgIpc) is 3.16. The molecule has 1 aromatic carbocycles. The number of rotatable bonds is 5. The van der Waals surface area contributed by atoms with Crippen molar-refractivity contribution < 1.29 is 13.2 Å². The summed E-state index contributed by atoms with van der Waals surface area (Å²) in [5, 5.41) is 7.15. The predicted molar refractivity (Wildman–Crippen MR) is 111 cm³/mol. The number of sulfone groups is 1. The summed E-state index contributed by atoms with van der Waals surface area (Å²) in [4.78, 5) is 17.1. The maximum absolute atomic E-state index is 12.5. The zero-order chi connectivity index (χ0) is 21.2. The molecule has 0 spiro atoms. The van der Waals surface area contributed by atoms with Crippen molar-refractivity contribution in [1.82, 2.24) is 20.1 Å². The normalized spacial score (nSPS) is 12.0. The maximum Gasteiger partial charge on any atom is 0.270 e. The molecule has 0 atom stereocenters. The molecular weight excluding hydrogens is 388 g/mol. The van der Waals surface area contributed by atoms with Crippen LogP contribution in [0.25, 0.3) is 5.82 Å². The molecule has 0 bridgehead atoms. The fraction of sp³-hybridized carbons (Fsp3) is 0.286. The van der Waals surface area contributed by atoms with Crippen molar-refractivity contribution in [3.63, 3.8) is 0 Å². The number of amides is 1. The monoisotopic (exact) mass is 412 g/mol. The van der Waals surface area contributed by atoms with Gasteiger partial charge in [-0.1, -0.05) is 39.0 Å². The zero-order valence-corrected chi connectivity index (χ0v) is 17.7. The Labute approximate surface area is 170 Å². The molecule has 0 fully saturated rings. The molecule has 7 nitrogen and oxygen atoms in total. The number of nitrogens with one attached hydrogen (secondary N) is 1. The van der Waals surface area contributed by atoms with Crippen LogP contribution >= 0.6 is 0 Å². The number of benzene rings is 1. The molecule has 0 unspecified atom stereocenters. The third kappa shape index (κ3) is 5.08. The molecule has 0 radical (unpaired) electrons. The molecule has 0 saturated carbocycles. The fourth-order valence-corrected chi connectivity index (χ4v) is 3.27. The highest BCUT2D eigenvalue weighted by Crippen LogP contribution is 2.22. The molecule has 3 aromatic rings. The van der Waals surface area contributed by atoms with Crippen molar-refractivity contribution in [2.75, 3.05) is 6.26 Å². The molecule has 29 heavy (non-hydrogen) atoms. The van der Waals surface area contributed by atoms with Crippen LogP contribution in [0.3, 0.4) is 0 Å². The van der Waals surface area contributed by atoms with Gasteiger partial charge in [0.1, 0.15) is 5.69 Å². The number of pyridine rings is 1. The van der Waals surface area contributed by atoms with Gasteiger partial charge in [0.05, 0.1) is 11.1 Å². The van der Waals surface area contributed by atoms with E-state index in [1.165, 1.54) is 12.1 Å². The van der Waals surface area contributed by atoms with Gasteiger partial charge >= 0.3 is 0 Å². The van der Waals surface area contributed by atoms with Crippen molar-refractivity contribution in [2.45, 2.75) is 37.6 Å². The molecule has 152 valence electrons. The van der Waals surface area contributed by atoms with Gasteiger partial charge in [0.25, 0.3) is 5.91 Å². The van der Waals surface area contributed by atoms with Crippen molar-refractivity contribution in [2.24, 2.45) is 0 Å². The third-order valence-corrected chi connectivity index (χ3v) is 5.58. The van der Waals surface area contributed by atoms with E-state index in [1.54, 1.807) is 41.2 Å². The first-order chi connectivity index (χ1) is 13.5. The number of hydrogen-bond donors (Lipinski definition) is 1. The van der Waals surface area contributed by atoms with E-state index < -0.39 is 9.84 Å². The van der Waals surface area contributed by atoms with E-state index in [9.17, 15) is 13.2 Å². The first kappa shape index (κ1) is 20.7. The second-order valence-corrected chi connectivity index (χ2v) is 9.92. The lowest BCUT2D eigenvalue weighted by atomic mass is 9.90. The summed E-state index contributed by atoms with van der Waals surface area (Å²) in [5.74, 6) is 0.243. The average molecular weight is 413 g/mol. The maximum atomic E-state index is 12.5. The molecule has 1 amide bonds. The number of hydrogen-bond acceptors (Lipinski definition) is 5. The number of nitrogens with zero attached hydrogens (tertiary/aromatic N) is 3. The smallest absolute Gasteiger partial charge is 0.270 e. The van der Waals surface area contributed by atoms with Crippen molar-refractivity contribution in [3.8, 4) is 5.82 Å². The number of carbonyl (C=O) groups is 1. The minimum absolute atomic E-state index is 0.0279. The molecular formula is C21H24N4O3S. The van der Waals surface area contributed by atoms with Gasteiger partial charge in [0.2, 0.25) is 0 Å². The quantitative estimate of drug-likeness (QED) is 0.695. The van der Waals surface area contributed by atoms with Gasteiger partial charge in [0.15, 0.2) is 15.7 Å². The Hall–Kier alpha value is -3.00. The zero-order valence-electron chi connectivity index (χ0n) is 16.9. The van der Waals surface area contributed by atoms with Gasteiger partial charge in [-0.05, 0) is 40.8 Å². The molecule has 0 saturated heterocycles. The topological polar surface area (TPSA) is 94.0 Å². The molecule has 2 heterocycles. The Morgan fingerprint density at radius 3 is 2.38 bits per heavy atom. The lowest BCUT2D eigenvalue weighted by Crippen LogP contribution is -2.24. The molecule has 0 aliphatic heterocycles. The molecule has 1 N–H and O–H groups in total. The van der Waals surface area contributed by atoms with E-state index in [1.807, 2.05) is 6.20 Å².